The van der Waals surface area contributed by atoms with Gasteiger partial charge in [-0.1, -0.05) is 38.1 Å². The van der Waals surface area contributed by atoms with Crippen molar-refractivity contribution in [3.63, 3.8) is 0 Å². The highest BCUT2D eigenvalue weighted by Gasteiger charge is 2.42. The van der Waals surface area contributed by atoms with Gasteiger partial charge in [0.05, 0.1) is 6.10 Å². The summed E-state index contributed by atoms with van der Waals surface area (Å²) in [6, 6.07) is 8.92. The van der Waals surface area contributed by atoms with Crippen molar-refractivity contribution in [2.45, 2.75) is 52.2 Å². The Morgan fingerprint density at radius 3 is 2.52 bits per heavy atom. The summed E-state index contributed by atoms with van der Waals surface area (Å²) in [7, 11) is 4.30. The van der Waals surface area contributed by atoms with E-state index in [2.05, 4.69) is 64.0 Å². The first-order valence-electron chi connectivity index (χ1n) is 8.39. The summed E-state index contributed by atoms with van der Waals surface area (Å²) < 4.78 is 0. The summed E-state index contributed by atoms with van der Waals surface area (Å²) in [4.78, 5) is 2.30. The molecule has 1 aromatic carbocycles. The summed E-state index contributed by atoms with van der Waals surface area (Å²) in [5.74, 6) is 1.54. The first-order valence-corrected chi connectivity index (χ1v) is 8.39. The molecule has 0 spiro atoms. The predicted octanol–water partition coefficient (Wildman–Crippen LogP) is 3.89. The lowest BCUT2D eigenvalue weighted by atomic mass is 9.78. The van der Waals surface area contributed by atoms with Gasteiger partial charge in [0, 0.05) is 6.04 Å². The van der Waals surface area contributed by atoms with Crippen LogP contribution in [0.3, 0.4) is 0 Å². The number of hydrogen-bond donors (Lipinski definition) is 1. The zero-order valence-electron chi connectivity index (χ0n) is 14.2. The quantitative estimate of drug-likeness (QED) is 0.889. The van der Waals surface area contributed by atoms with E-state index in [0.717, 1.165) is 12.0 Å². The minimum atomic E-state index is -0.328. The van der Waals surface area contributed by atoms with Gasteiger partial charge >= 0.3 is 0 Å². The summed E-state index contributed by atoms with van der Waals surface area (Å²) >= 11 is 0. The van der Waals surface area contributed by atoms with Crippen LogP contribution in [-0.2, 0) is 6.42 Å². The second-order valence-electron chi connectivity index (χ2n) is 7.00. The SMILES string of the molecule is CCc1ccccc1C(O)C1C(C)CCC1[C@@H](C)N(C)C. The van der Waals surface area contributed by atoms with Crippen molar-refractivity contribution in [3.8, 4) is 0 Å². The maximum Gasteiger partial charge on any atom is 0.0826 e. The van der Waals surface area contributed by atoms with Gasteiger partial charge in [-0.3, -0.25) is 0 Å². The highest BCUT2D eigenvalue weighted by atomic mass is 16.3. The zero-order chi connectivity index (χ0) is 15.6. The van der Waals surface area contributed by atoms with Gasteiger partial charge in [0.25, 0.3) is 0 Å². The van der Waals surface area contributed by atoms with Gasteiger partial charge in [0.15, 0.2) is 0 Å². The maximum absolute atomic E-state index is 11.1. The fourth-order valence-electron chi connectivity index (χ4n) is 4.11. The van der Waals surface area contributed by atoms with Crippen molar-refractivity contribution in [3.05, 3.63) is 35.4 Å². The Labute approximate surface area is 130 Å². The van der Waals surface area contributed by atoms with Crippen LogP contribution in [0.4, 0.5) is 0 Å². The van der Waals surface area contributed by atoms with Crippen LogP contribution < -0.4 is 0 Å². The Morgan fingerprint density at radius 1 is 1.24 bits per heavy atom. The Balaban J connectivity index is 2.28. The van der Waals surface area contributed by atoms with Crippen molar-refractivity contribution >= 4 is 0 Å². The number of aliphatic hydroxyl groups is 1. The van der Waals surface area contributed by atoms with Crippen molar-refractivity contribution in [1.29, 1.82) is 0 Å². The molecule has 1 fully saturated rings. The van der Waals surface area contributed by atoms with Crippen molar-refractivity contribution in [2.75, 3.05) is 14.1 Å². The van der Waals surface area contributed by atoms with Gasteiger partial charge in [-0.2, -0.15) is 0 Å². The Kier molecular flexibility index (Phi) is 5.45. The summed E-state index contributed by atoms with van der Waals surface area (Å²) in [6.07, 6.45) is 3.13. The molecule has 2 heteroatoms. The molecule has 0 radical (unpaired) electrons. The molecule has 21 heavy (non-hydrogen) atoms. The second-order valence-corrected chi connectivity index (χ2v) is 7.00. The van der Waals surface area contributed by atoms with Crippen LogP contribution in [0, 0.1) is 17.8 Å². The molecule has 2 nitrogen and oxygen atoms in total. The van der Waals surface area contributed by atoms with Gasteiger partial charge in [0.1, 0.15) is 0 Å². The first-order chi connectivity index (χ1) is 9.97. The highest BCUT2D eigenvalue weighted by molar-refractivity contribution is 5.30. The molecule has 0 saturated heterocycles. The average molecular weight is 289 g/mol. The summed E-state index contributed by atoms with van der Waals surface area (Å²) in [5.41, 5.74) is 2.44. The van der Waals surface area contributed by atoms with E-state index in [1.165, 1.54) is 18.4 Å². The monoisotopic (exact) mass is 289 g/mol. The molecule has 1 aromatic rings. The van der Waals surface area contributed by atoms with Crippen molar-refractivity contribution in [2.24, 2.45) is 17.8 Å². The Hall–Kier alpha value is -0.860. The lowest BCUT2D eigenvalue weighted by molar-refractivity contribution is 0.0398. The fourth-order valence-corrected chi connectivity index (χ4v) is 4.11. The molecule has 0 bridgehead atoms. The summed E-state index contributed by atoms with van der Waals surface area (Å²) in [6.45, 7) is 6.78. The average Bonchev–Trinajstić information content (AvgIpc) is 2.87. The second kappa shape index (κ2) is 6.93. The number of aryl methyl sites for hydroxylation is 1. The van der Waals surface area contributed by atoms with Crippen LogP contribution in [0.5, 0.6) is 0 Å². The molecule has 0 heterocycles. The molecule has 0 aromatic heterocycles. The van der Waals surface area contributed by atoms with Gasteiger partial charge in [-0.05, 0) is 69.2 Å². The van der Waals surface area contributed by atoms with Crippen LogP contribution in [0.2, 0.25) is 0 Å². The van der Waals surface area contributed by atoms with E-state index in [4.69, 9.17) is 0 Å². The molecule has 2 rings (SSSR count). The Morgan fingerprint density at radius 2 is 1.90 bits per heavy atom. The number of rotatable bonds is 5. The van der Waals surface area contributed by atoms with E-state index < -0.39 is 0 Å². The van der Waals surface area contributed by atoms with Crippen LogP contribution in [-0.4, -0.2) is 30.1 Å². The third kappa shape index (κ3) is 3.32. The minimum absolute atomic E-state index is 0.328. The van der Waals surface area contributed by atoms with Gasteiger partial charge in [-0.25, -0.2) is 0 Å². The third-order valence-corrected chi connectivity index (χ3v) is 5.66. The smallest absolute Gasteiger partial charge is 0.0826 e. The molecule has 5 atom stereocenters. The van der Waals surface area contributed by atoms with E-state index >= 15 is 0 Å². The number of aliphatic hydroxyl groups excluding tert-OH is 1. The summed E-state index contributed by atoms with van der Waals surface area (Å²) in [5, 5.41) is 11.1. The standard InChI is InChI=1S/C19H31NO/c1-6-15-9-7-8-10-17(15)19(21)18-13(2)11-12-16(18)14(3)20(4)5/h7-10,13-14,16,18-19,21H,6,11-12H2,1-5H3/t13?,14-,16?,18?,19?/m1/s1. The maximum atomic E-state index is 11.1. The topological polar surface area (TPSA) is 23.5 Å². The molecule has 1 N–H and O–H groups in total. The van der Waals surface area contributed by atoms with E-state index in [9.17, 15) is 5.11 Å². The molecule has 118 valence electrons. The molecule has 4 unspecified atom stereocenters. The first kappa shape index (κ1) is 16.5. The molecule has 1 aliphatic carbocycles. The van der Waals surface area contributed by atoms with Gasteiger partial charge in [0.2, 0.25) is 0 Å². The normalized spacial score (nSPS) is 28.8. The van der Waals surface area contributed by atoms with Crippen LogP contribution in [0.25, 0.3) is 0 Å². The van der Waals surface area contributed by atoms with Crippen molar-refractivity contribution < 1.29 is 5.11 Å². The minimum Gasteiger partial charge on any atom is -0.388 e. The lowest BCUT2D eigenvalue weighted by Crippen LogP contribution is -2.37. The molecule has 0 aliphatic heterocycles. The van der Waals surface area contributed by atoms with E-state index in [1.807, 2.05) is 0 Å². The molecule has 0 amide bonds. The lowest BCUT2D eigenvalue weighted by Gasteiger charge is -2.35. The third-order valence-electron chi connectivity index (χ3n) is 5.66. The largest absolute Gasteiger partial charge is 0.388 e. The van der Waals surface area contributed by atoms with E-state index in [-0.39, 0.29) is 6.10 Å². The molecule has 1 aliphatic rings. The fraction of sp³-hybridized carbons (Fsp3) is 0.684. The zero-order valence-corrected chi connectivity index (χ0v) is 14.2. The number of hydrogen-bond acceptors (Lipinski definition) is 2. The molecular weight excluding hydrogens is 258 g/mol. The number of benzene rings is 1. The van der Waals surface area contributed by atoms with E-state index in [1.54, 1.807) is 0 Å². The molecule has 1 saturated carbocycles. The van der Waals surface area contributed by atoms with Crippen LogP contribution in [0.15, 0.2) is 24.3 Å². The van der Waals surface area contributed by atoms with E-state index in [0.29, 0.717) is 23.8 Å². The number of nitrogens with zero attached hydrogens (tertiary/aromatic N) is 1. The predicted molar refractivity (Wildman–Crippen MR) is 89.3 cm³/mol. The van der Waals surface area contributed by atoms with Gasteiger partial charge < -0.3 is 10.0 Å². The Bertz CT molecular complexity index is 457. The highest BCUT2D eigenvalue weighted by Crippen LogP contribution is 2.46. The van der Waals surface area contributed by atoms with Gasteiger partial charge in [-0.15, -0.1) is 0 Å². The van der Waals surface area contributed by atoms with Crippen LogP contribution >= 0.6 is 0 Å². The van der Waals surface area contributed by atoms with Crippen LogP contribution in [0.1, 0.15) is 50.8 Å². The molecular formula is C19H31NO. The van der Waals surface area contributed by atoms with Crippen molar-refractivity contribution in [1.82, 2.24) is 4.90 Å².